The van der Waals surface area contributed by atoms with Crippen molar-refractivity contribution in [3.63, 3.8) is 0 Å². The van der Waals surface area contributed by atoms with Crippen LogP contribution in [0.2, 0.25) is 0 Å². The standard InChI is InChI=1S/C15H23NO3/c1-12(11-17-2)9-16-10-13-4-5-14-15(8-13)19-7-3-6-18-14/h4-5,8,12,16H,3,6-7,9-11H2,1-2H3. The zero-order valence-electron chi connectivity index (χ0n) is 11.8. The number of rotatable bonds is 6. The lowest BCUT2D eigenvalue weighted by Crippen LogP contribution is -2.23. The van der Waals surface area contributed by atoms with Gasteiger partial charge < -0.3 is 19.5 Å². The molecule has 1 N–H and O–H groups in total. The smallest absolute Gasteiger partial charge is 0.161 e. The summed E-state index contributed by atoms with van der Waals surface area (Å²) in [6, 6.07) is 6.15. The molecule has 1 atom stereocenters. The van der Waals surface area contributed by atoms with Crippen LogP contribution in [0.3, 0.4) is 0 Å². The van der Waals surface area contributed by atoms with Gasteiger partial charge in [-0.1, -0.05) is 13.0 Å². The number of hydrogen-bond acceptors (Lipinski definition) is 4. The molecule has 4 heteroatoms. The fourth-order valence-electron chi connectivity index (χ4n) is 2.12. The lowest BCUT2D eigenvalue weighted by Gasteiger charge is -2.13. The van der Waals surface area contributed by atoms with Crippen LogP contribution in [0.25, 0.3) is 0 Å². The highest BCUT2D eigenvalue weighted by Crippen LogP contribution is 2.30. The van der Waals surface area contributed by atoms with Gasteiger partial charge in [0.05, 0.1) is 13.2 Å². The number of ether oxygens (including phenoxy) is 3. The van der Waals surface area contributed by atoms with Gasteiger partial charge in [0.2, 0.25) is 0 Å². The largest absolute Gasteiger partial charge is 0.490 e. The lowest BCUT2D eigenvalue weighted by atomic mass is 10.1. The SMILES string of the molecule is COCC(C)CNCc1ccc2c(c1)OCCCO2. The van der Waals surface area contributed by atoms with Crippen LogP contribution in [0.4, 0.5) is 0 Å². The van der Waals surface area contributed by atoms with Gasteiger partial charge in [-0.15, -0.1) is 0 Å². The minimum Gasteiger partial charge on any atom is -0.490 e. The minimum atomic E-state index is 0.519. The van der Waals surface area contributed by atoms with Crippen LogP contribution in [-0.4, -0.2) is 33.5 Å². The Balaban J connectivity index is 1.86. The Hall–Kier alpha value is -1.26. The van der Waals surface area contributed by atoms with E-state index in [-0.39, 0.29) is 0 Å². The van der Waals surface area contributed by atoms with Gasteiger partial charge >= 0.3 is 0 Å². The van der Waals surface area contributed by atoms with E-state index in [1.807, 2.05) is 6.07 Å². The van der Waals surface area contributed by atoms with Crippen LogP contribution in [-0.2, 0) is 11.3 Å². The molecule has 0 saturated heterocycles. The molecule has 1 unspecified atom stereocenters. The molecule has 1 heterocycles. The average Bonchev–Trinajstić information content (AvgIpc) is 2.63. The Bertz CT molecular complexity index is 395. The van der Waals surface area contributed by atoms with Gasteiger partial charge in [0.25, 0.3) is 0 Å². The summed E-state index contributed by atoms with van der Waals surface area (Å²) in [5, 5.41) is 3.43. The summed E-state index contributed by atoms with van der Waals surface area (Å²) in [6.45, 7) is 6.21. The molecular weight excluding hydrogens is 242 g/mol. The first-order valence-corrected chi connectivity index (χ1v) is 6.88. The molecule has 1 aromatic carbocycles. The highest BCUT2D eigenvalue weighted by Gasteiger charge is 2.10. The summed E-state index contributed by atoms with van der Waals surface area (Å²) in [7, 11) is 1.74. The maximum Gasteiger partial charge on any atom is 0.161 e. The van der Waals surface area contributed by atoms with Crippen molar-refractivity contribution in [3.8, 4) is 11.5 Å². The van der Waals surface area contributed by atoms with E-state index in [1.165, 1.54) is 5.56 Å². The molecule has 0 fully saturated rings. The van der Waals surface area contributed by atoms with E-state index >= 15 is 0 Å². The number of nitrogens with one attached hydrogen (secondary N) is 1. The molecule has 0 bridgehead atoms. The van der Waals surface area contributed by atoms with E-state index in [9.17, 15) is 0 Å². The third-order valence-corrected chi connectivity index (χ3v) is 3.09. The molecule has 4 nitrogen and oxygen atoms in total. The predicted octanol–water partition coefficient (Wildman–Crippen LogP) is 2.22. The summed E-state index contributed by atoms with van der Waals surface area (Å²) < 4.78 is 16.4. The average molecular weight is 265 g/mol. The van der Waals surface area contributed by atoms with E-state index in [0.717, 1.165) is 50.8 Å². The van der Waals surface area contributed by atoms with E-state index < -0.39 is 0 Å². The minimum absolute atomic E-state index is 0.519. The number of benzene rings is 1. The highest BCUT2D eigenvalue weighted by atomic mass is 16.5. The third kappa shape index (κ3) is 4.40. The van der Waals surface area contributed by atoms with Crippen LogP contribution < -0.4 is 14.8 Å². The lowest BCUT2D eigenvalue weighted by molar-refractivity contribution is 0.158. The summed E-state index contributed by atoms with van der Waals surface area (Å²) in [5.41, 5.74) is 1.22. The first kappa shape index (κ1) is 14.2. The maximum absolute atomic E-state index is 5.68. The first-order chi connectivity index (χ1) is 9.29. The molecule has 2 rings (SSSR count). The van der Waals surface area contributed by atoms with Gasteiger partial charge in [0, 0.05) is 33.2 Å². The van der Waals surface area contributed by atoms with Gasteiger partial charge in [0.1, 0.15) is 0 Å². The van der Waals surface area contributed by atoms with Gasteiger partial charge in [-0.3, -0.25) is 0 Å². The van der Waals surface area contributed by atoms with Gasteiger partial charge in [-0.05, 0) is 23.6 Å². The van der Waals surface area contributed by atoms with Crippen molar-refractivity contribution in [3.05, 3.63) is 23.8 Å². The number of methoxy groups -OCH3 is 1. The predicted molar refractivity (Wildman–Crippen MR) is 74.8 cm³/mol. The number of hydrogen-bond donors (Lipinski definition) is 1. The molecule has 0 aliphatic carbocycles. The zero-order chi connectivity index (χ0) is 13.5. The van der Waals surface area contributed by atoms with Crippen LogP contribution in [0.1, 0.15) is 18.9 Å². The van der Waals surface area contributed by atoms with E-state index in [2.05, 4.69) is 24.4 Å². The van der Waals surface area contributed by atoms with E-state index in [0.29, 0.717) is 5.92 Å². The first-order valence-electron chi connectivity index (χ1n) is 6.88. The molecule has 0 amide bonds. The number of fused-ring (bicyclic) bond motifs is 1. The van der Waals surface area contributed by atoms with Crippen molar-refractivity contribution in [1.29, 1.82) is 0 Å². The van der Waals surface area contributed by atoms with Crippen molar-refractivity contribution in [2.24, 2.45) is 5.92 Å². The summed E-state index contributed by atoms with van der Waals surface area (Å²) >= 11 is 0. The van der Waals surface area contributed by atoms with Gasteiger partial charge in [-0.2, -0.15) is 0 Å². The van der Waals surface area contributed by atoms with E-state index in [4.69, 9.17) is 14.2 Å². The molecular formula is C15H23NO3. The zero-order valence-corrected chi connectivity index (χ0v) is 11.8. The molecule has 1 aliphatic rings. The molecule has 0 radical (unpaired) electrons. The maximum atomic E-state index is 5.68. The van der Waals surface area contributed by atoms with Crippen molar-refractivity contribution in [2.75, 3.05) is 33.5 Å². The molecule has 106 valence electrons. The van der Waals surface area contributed by atoms with Crippen molar-refractivity contribution in [1.82, 2.24) is 5.32 Å². The highest BCUT2D eigenvalue weighted by molar-refractivity contribution is 5.43. The second-order valence-electron chi connectivity index (χ2n) is 5.02. The second kappa shape index (κ2) is 7.36. The van der Waals surface area contributed by atoms with Gasteiger partial charge in [0.15, 0.2) is 11.5 Å². The third-order valence-electron chi connectivity index (χ3n) is 3.09. The summed E-state index contributed by atoms with van der Waals surface area (Å²) in [5.74, 6) is 2.24. The van der Waals surface area contributed by atoms with Crippen molar-refractivity contribution in [2.45, 2.75) is 19.9 Å². The quantitative estimate of drug-likeness (QED) is 0.856. The summed E-state index contributed by atoms with van der Waals surface area (Å²) in [6.07, 6.45) is 0.941. The van der Waals surface area contributed by atoms with Gasteiger partial charge in [-0.25, -0.2) is 0 Å². The topological polar surface area (TPSA) is 39.7 Å². The Labute approximate surface area is 115 Å². The Morgan fingerprint density at radius 2 is 2.05 bits per heavy atom. The monoisotopic (exact) mass is 265 g/mol. The van der Waals surface area contributed by atoms with Crippen molar-refractivity contribution >= 4 is 0 Å². The summed E-state index contributed by atoms with van der Waals surface area (Å²) in [4.78, 5) is 0. The second-order valence-corrected chi connectivity index (χ2v) is 5.02. The molecule has 0 spiro atoms. The van der Waals surface area contributed by atoms with Crippen LogP contribution in [0, 0.1) is 5.92 Å². The Morgan fingerprint density at radius 3 is 2.84 bits per heavy atom. The van der Waals surface area contributed by atoms with Crippen LogP contribution in [0.5, 0.6) is 11.5 Å². The Morgan fingerprint density at radius 1 is 1.26 bits per heavy atom. The fourth-order valence-corrected chi connectivity index (χ4v) is 2.12. The molecule has 19 heavy (non-hydrogen) atoms. The van der Waals surface area contributed by atoms with Crippen molar-refractivity contribution < 1.29 is 14.2 Å². The fraction of sp³-hybridized carbons (Fsp3) is 0.600. The molecule has 1 aliphatic heterocycles. The Kier molecular flexibility index (Phi) is 5.48. The molecule has 0 saturated carbocycles. The van der Waals surface area contributed by atoms with Crippen LogP contribution >= 0.6 is 0 Å². The van der Waals surface area contributed by atoms with E-state index in [1.54, 1.807) is 7.11 Å². The van der Waals surface area contributed by atoms with Crippen LogP contribution in [0.15, 0.2) is 18.2 Å². The molecule has 1 aromatic rings. The normalized spacial score (nSPS) is 15.9. The molecule has 0 aromatic heterocycles.